The Kier molecular flexibility index (Phi) is 2.67. The summed E-state index contributed by atoms with van der Waals surface area (Å²) in [5.41, 5.74) is 1.57. The van der Waals surface area contributed by atoms with Gasteiger partial charge in [0.25, 0.3) is 0 Å². The van der Waals surface area contributed by atoms with E-state index in [9.17, 15) is 0 Å². The lowest BCUT2D eigenvalue weighted by Crippen LogP contribution is -2.47. The highest BCUT2D eigenvalue weighted by Crippen LogP contribution is 2.61. The molecule has 4 fully saturated rings. The summed E-state index contributed by atoms with van der Waals surface area (Å²) in [6, 6.07) is 6.12. The summed E-state index contributed by atoms with van der Waals surface area (Å²) in [5, 5.41) is 9.73. The highest BCUT2D eigenvalue weighted by Gasteiger charge is 2.50. The Labute approximate surface area is 129 Å². The number of nitrogens with zero attached hydrogens (tertiary/aromatic N) is 3. The van der Waals surface area contributed by atoms with Gasteiger partial charge >= 0.3 is 0 Å². The molecule has 0 amide bonds. The van der Waals surface area contributed by atoms with Gasteiger partial charge in [-0.3, -0.25) is 4.40 Å². The normalized spacial score (nSPS) is 37.4. The summed E-state index contributed by atoms with van der Waals surface area (Å²) >= 11 is 1.93. The molecule has 0 spiro atoms. The van der Waals surface area contributed by atoms with Gasteiger partial charge in [0.15, 0.2) is 10.8 Å². The van der Waals surface area contributed by atoms with Gasteiger partial charge < -0.3 is 0 Å². The molecule has 4 aliphatic carbocycles. The van der Waals surface area contributed by atoms with Crippen LogP contribution >= 0.6 is 11.8 Å². The van der Waals surface area contributed by atoms with E-state index in [-0.39, 0.29) is 0 Å². The van der Waals surface area contributed by atoms with Crippen molar-refractivity contribution in [1.29, 1.82) is 0 Å². The van der Waals surface area contributed by atoms with E-state index < -0.39 is 0 Å². The molecule has 3 nitrogen and oxygen atoms in total. The van der Waals surface area contributed by atoms with E-state index in [0.29, 0.717) is 5.41 Å². The third-order valence-corrected chi connectivity index (χ3v) is 7.25. The van der Waals surface area contributed by atoms with E-state index in [4.69, 9.17) is 0 Å². The van der Waals surface area contributed by atoms with Gasteiger partial charge in [-0.05, 0) is 73.8 Å². The van der Waals surface area contributed by atoms with E-state index >= 15 is 0 Å². The summed E-state index contributed by atoms with van der Waals surface area (Å²) < 4.78 is 2.13. The van der Waals surface area contributed by atoms with Gasteiger partial charge in [0.05, 0.1) is 0 Å². The molecule has 0 saturated heterocycles. The van der Waals surface area contributed by atoms with Crippen LogP contribution in [0, 0.1) is 23.2 Å². The summed E-state index contributed by atoms with van der Waals surface area (Å²) in [5.74, 6) is 4.35. The zero-order valence-electron chi connectivity index (χ0n) is 12.2. The Bertz CT molecular complexity index is 642. The molecule has 0 radical (unpaired) electrons. The fraction of sp³-hybridized carbons (Fsp3) is 0.647. The number of aromatic nitrogens is 3. The minimum atomic E-state index is 0.611. The molecule has 0 aromatic carbocycles. The van der Waals surface area contributed by atoms with Crippen LogP contribution in [0.1, 0.15) is 38.5 Å². The minimum Gasteiger partial charge on any atom is -0.277 e. The van der Waals surface area contributed by atoms with Crippen molar-refractivity contribution >= 4 is 17.4 Å². The molecule has 110 valence electrons. The molecular formula is C17H21N3S. The predicted molar refractivity (Wildman–Crippen MR) is 84.3 cm³/mol. The van der Waals surface area contributed by atoms with Crippen LogP contribution in [0.2, 0.25) is 0 Å². The van der Waals surface area contributed by atoms with Gasteiger partial charge in [-0.15, -0.1) is 10.2 Å². The number of rotatable bonds is 3. The molecule has 21 heavy (non-hydrogen) atoms. The van der Waals surface area contributed by atoms with Gasteiger partial charge in [0.2, 0.25) is 0 Å². The smallest absolute Gasteiger partial charge is 0.195 e. The average Bonchev–Trinajstić information content (AvgIpc) is 2.87. The molecule has 2 aromatic rings. The van der Waals surface area contributed by atoms with Crippen molar-refractivity contribution < 1.29 is 0 Å². The quantitative estimate of drug-likeness (QED) is 0.801. The molecule has 0 unspecified atom stereocenters. The minimum absolute atomic E-state index is 0.611. The van der Waals surface area contributed by atoms with E-state index in [1.165, 1.54) is 44.3 Å². The first-order chi connectivity index (χ1) is 10.3. The first kappa shape index (κ1) is 12.5. The second kappa shape index (κ2) is 4.48. The monoisotopic (exact) mass is 299 g/mol. The summed E-state index contributed by atoms with van der Waals surface area (Å²) in [6.07, 6.45) is 11.1. The Hall–Kier alpha value is -1.03. The largest absolute Gasteiger partial charge is 0.277 e. The van der Waals surface area contributed by atoms with Crippen molar-refractivity contribution in [2.75, 3.05) is 5.75 Å². The van der Waals surface area contributed by atoms with Gasteiger partial charge in [-0.25, -0.2) is 0 Å². The molecule has 2 heterocycles. The fourth-order valence-corrected chi connectivity index (χ4v) is 6.78. The number of hydrogen-bond acceptors (Lipinski definition) is 3. The van der Waals surface area contributed by atoms with Crippen molar-refractivity contribution in [2.45, 2.75) is 43.7 Å². The summed E-state index contributed by atoms with van der Waals surface area (Å²) in [4.78, 5) is 0. The van der Waals surface area contributed by atoms with Gasteiger partial charge in [0.1, 0.15) is 0 Å². The molecular weight excluding hydrogens is 278 g/mol. The van der Waals surface area contributed by atoms with Crippen LogP contribution in [0.15, 0.2) is 29.6 Å². The highest BCUT2D eigenvalue weighted by atomic mass is 32.2. The lowest BCUT2D eigenvalue weighted by atomic mass is 9.50. The highest BCUT2D eigenvalue weighted by molar-refractivity contribution is 7.99. The maximum Gasteiger partial charge on any atom is 0.195 e. The number of pyridine rings is 1. The van der Waals surface area contributed by atoms with Gasteiger partial charge in [-0.2, -0.15) is 0 Å². The third-order valence-electron chi connectivity index (χ3n) is 5.95. The van der Waals surface area contributed by atoms with E-state index in [2.05, 4.69) is 26.9 Å². The number of thioether (sulfide) groups is 1. The van der Waals surface area contributed by atoms with Crippen LogP contribution in [0.4, 0.5) is 0 Å². The Balaban J connectivity index is 1.38. The van der Waals surface area contributed by atoms with E-state index in [0.717, 1.165) is 28.6 Å². The van der Waals surface area contributed by atoms with Crippen LogP contribution < -0.4 is 0 Å². The third kappa shape index (κ3) is 2.02. The Morgan fingerprint density at radius 1 is 1.05 bits per heavy atom. The fourth-order valence-electron chi connectivity index (χ4n) is 5.60. The molecule has 2 aromatic heterocycles. The van der Waals surface area contributed by atoms with Crippen molar-refractivity contribution in [3.8, 4) is 0 Å². The van der Waals surface area contributed by atoms with Crippen LogP contribution in [0.5, 0.6) is 0 Å². The molecule has 4 aliphatic rings. The first-order valence-corrected chi connectivity index (χ1v) is 9.21. The van der Waals surface area contributed by atoms with Crippen LogP contribution in [0.25, 0.3) is 5.65 Å². The second-order valence-corrected chi connectivity index (χ2v) is 8.56. The number of hydrogen-bond donors (Lipinski definition) is 0. The molecule has 0 atom stereocenters. The summed E-state index contributed by atoms with van der Waals surface area (Å²) in [6.45, 7) is 0. The zero-order valence-corrected chi connectivity index (χ0v) is 13.1. The zero-order chi connectivity index (χ0) is 13.9. The predicted octanol–water partition coefficient (Wildman–Crippen LogP) is 4.04. The summed E-state index contributed by atoms with van der Waals surface area (Å²) in [7, 11) is 0. The van der Waals surface area contributed by atoms with Crippen molar-refractivity contribution in [1.82, 2.24) is 14.6 Å². The van der Waals surface area contributed by atoms with Crippen LogP contribution in [0.3, 0.4) is 0 Å². The topological polar surface area (TPSA) is 30.2 Å². The lowest BCUT2D eigenvalue weighted by Gasteiger charge is -2.56. The first-order valence-electron chi connectivity index (χ1n) is 8.22. The maximum absolute atomic E-state index is 4.39. The van der Waals surface area contributed by atoms with Crippen LogP contribution in [-0.2, 0) is 0 Å². The van der Waals surface area contributed by atoms with E-state index in [1.54, 1.807) is 0 Å². The average molecular weight is 299 g/mol. The van der Waals surface area contributed by atoms with Crippen LogP contribution in [-0.4, -0.2) is 20.4 Å². The molecule has 6 rings (SSSR count). The van der Waals surface area contributed by atoms with Crippen molar-refractivity contribution in [2.24, 2.45) is 23.2 Å². The van der Waals surface area contributed by atoms with Crippen molar-refractivity contribution in [3.63, 3.8) is 0 Å². The standard InChI is InChI=1S/C17H21N3S/c1-2-4-20-15(3-1)18-19-16(20)21-11-17-8-12-5-13(9-17)7-14(6-12)10-17/h1-4,12-14H,5-11H2. The number of fused-ring (bicyclic) bond motifs is 1. The van der Waals surface area contributed by atoms with E-state index in [1.807, 2.05) is 23.9 Å². The Morgan fingerprint density at radius 3 is 2.48 bits per heavy atom. The molecule has 4 bridgehead atoms. The Morgan fingerprint density at radius 2 is 1.76 bits per heavy atom. The molecule has 4 saturated carbocycles. The molecule has 0 N–H and O–H groups in total. The van der Waals surface area contributed by atoms with Gasteiger partial charge in [-0.1, -0.05) is 17.8 Å². The SMILES string of the molecule is c1ccn2c(SCC34CC5CC(CC(C5)C3)C4)nnc2c1. The maximum atomic E-state index is 4.39. The lowest BCUT2D eigenvalue weighted by molar-refractivity contribution is -0.0381. The molecule has 4 heteroatoms. The second-order valence-electron chi connectivity index (χ2n) is 7.62. The van der Waals surface area contributed by atoms with Gasteiger partial charge in [0, 0.05) is 11.9 Å². The van der Waals surface area contributed by atoms with Crippen molar-refractivity contribution in [3.05, 3.63) is 24.4 Å². The molecule has 0 aliphatic heterocycles.